The van der Waals surface area contributed by atoms with Crippen molar-refractivity contribution in [3.63, 3.8) is 0 Å². The van der Waals surface area contributed by atoms with Gasteiger partial charge in [-0.3, -0.25) is 14.9 Å². The van der Waals surface area contributed by atoms with Crippen LogP contribution in [-0.4, -0.2) is 33.5 Å². The van der Waals surface area contributed by atoms with Gasteiger partial charge in [0.2, 0.25) is 11.0 Å². The van der Waals surface area contributed by atoms with Crippen LogP contribution in [-0.2, 0) is 4.79 Å². The Bertz CT molecular complexity index is 1620. The minimum atomic E-state index is -0.276. The fourth-order valence-electron chi connectivity index (χ4n) is 4.58. The molecule has 2 amide bonds. The van der Waals surface area contributed by atoms with Gasteiger partial charge in [0.1, 0.15) is 5.01 Å². The van der Waals surface area contributed by atoms with Gasteiger partial charge in [0.25, 0.3) is 5.91 Å². The van der Waals surface area contributed by atoms with Gasteiger partial charge in [0.05, 0.1) is 16.8 Å². The number of pyridine rings is 1. The summed E-state index contributed by atoms with van der Waals surface area (Å²) in [5, 5.41) is 13.3. The molecule has 1 N–H and O–H groups in total. The van der Waals surface area contributed by atoms with Crippen LogP contribution in [0.5, 0.6) is 0 Å². The Morgan fingerprint density at radius 3 is 2.54 bits per heavy atom. The summed E-state index contributed by atoms with van der Waals surface area (Å²) in [6.07, 6.45) is 0.367. The van der Waals surface area contributed by atoms with Crippen molar-refractivity contribution < 1.29 is 9.59 Å². The topological polar surface area (TPSA) is 88.1 Å². The summed E-state index contributed by atoms with van der Waals surface area (Å²) in [5.74, 6) is -0.281. The molecular weight excluding hydrogens is 482 g/mol. The smallest absolute Gasteiger partial charge is 0.258 e. The first-order valence-electron chi connectivity index (χ1n) is 12.0. The maximum atomic E-state index is 13.4. The Kier molecular flexibility index (Phi) is 5.94. The van der Waals surface area contributed by atoms with Gasteiger partial charge >= 0.3 is 0 Å². The third kappa shape index (κ3) is 4.59. The average molecular weight is 506 g/mol. The number of aromatic nitrogens is 3. The molecule has 1 fully saturated rings. The Balaban J connectivity index is 1.24. The summed E-state index contributed by atoms with van der Waals surface area (Å²) in [4.78, 5) is 32.6. The van der Waals surface area contributed by atoms with Crippen LogP contribution in [0.2, 0.25) is 0 Å². The molecular formula is C29H23N5O2S. The lowest BCUT2D eigenvalue weighted by Crippen LogP contribution is -2.24. The lowest BCUT2D eigenvalue weighted by Gasteiger charge is -2.16. The molecule has 5 aromatic rings. The van der Waals surface area contributed by atoms with Gasteiger partial charge in [-0.05, 0) is 31.2 Å². The third-order valence-electron chi connectivity index (χ3n) is 6.51. The number of amides is 2. The Morgan fingerprint density at radius 1 is 0.973 bits per heavy atom. The fraction of sp³-hybridized carbons (Fsp3) is 0.138. The normalized spacial score (nSPS) is 15.3. The van der Waals surface area contributed by atoms with Crippen LogP contribution in [0, 0.1) is 6.92 Å². The third-order valence-corrected chi connectivity index (χ3v) is 7.51. The molecule has 0 spiro atoms. The second kappa shape index (κ2) is 9.55. The van der Waals surface area contributed by atoms with Crippen LogP contribution in [0.4, 0.5) is 10.8 Å². The van der Waals surface area contributed by atoms with Gasteiger partial charge in [-0.15, -0.1) is 10.2 Å². The number of hydrogen-bond donors (Lipinski definition) is 1. The lowest BCUT2D eigenvalue weighted by atomic mass is 10.0. The van der Waals surface area contributed by atoms with E-state index in [9.17, 15) is 9.59 Å². The molecule has 182 valence electrons. The Morgan fingerprint density at radius 2 is 1.73 bits per heavy atom. The number of carbonyl (C=O) groups is 2. The molecule has 1 saturated heterocycles. The molecule has 0 aliphatic carbocycles. The van der Waals surface area contributed by atoms with E-state index in [1.165, 1.54) is 11.3 Å². The molecule has 8 heteroatoms. The maximum absolute atomic E-state index is 13.4. The molecule has 0 saturated carbocycles. The first-order chi connectivity index (χ1) is 18.0. The van der Waals surface area contributed by atoms with E-state index in [0.29, 0.717) is 23.7 Å². The zero-order valence-corrected chi connectivity index (χ0v) is 20.9. The van der Waals surface area contributed by atoms with Crippen molar-refractivity contribution in [2.45, 2.75) is 19.3 Å². The highest BCUT2D eigenvalue weighted by molar-refractivity contribution is 7.15. The van der Waals surface area contributed by atoms with E-state index in [-0.39, 0.29) is 17.7 Å². The molecule has 37 heavy (non-hydrogen) atoms. The summed E-state index contributed by atoms with van der Waals surface area (Å²) >= 11 is 1.31. The van der Waals surface area contributed by atoms with Crippen molar-refractivity contribution in [3.05, 3.63) is 101 Å². The number of nitrogens with one attached hydrogen (secondary N) is 1. The van der Waals surface area contributed by atoms with E-state index in [4.69, 9.17) is 4.98 Å². The molecule has 6 rings (SSSR count). The highest BCUT2D eigenvalue weighted by Gasteiger charge is 2.34. The number of hydrogen-bond acceptors (Lipinski definition) is 6. The number of aryl methyl sites for hydroxylation is 1. The second-order valence-electron chi connectivity index (χ2n) is 9.08. The van der Waals surface area contributed by atoms with Gasteiger partial charge in [-0.2, -0.15) is 0 Å². The number of para-hydroxylation sites is 1. The van der Waals surface area contributed by atoms with E-state index >= 15 is 0 Å². The van der Waals surface area contributed by atoms with Crippen molar-refractivity contribution in [2.75, 3.05) is 16.8 Å². The van der Waals surface area contributed by atoms with E-state index in [1.54, 1.807) is 4.90 Å². The first kappa shape index (κ1) is 23.0. The van der Waals surface area contributed by atoms with Gasteiger partial charge < -0.3 is 4.90 Å². The van der Waals surface area contributed by atoms with Crippen LogP contribution in [0.15, 0.2) is 84.9 Å². The standard InChI is InChI=1S/C29H23N5O2S/c1-18-11-13-21(14-12-18)34-17-20(15-26(34)35)28-32-33-29(37-28)31-27(36)23-16-25(19-7-3-2-4-8-19)30-24-10-6-5-9-22(23)24/h2-14,16,20H,15,17H2,1H3,(H,31,33,36). The highest BCUT2D eigenvalue weighted by atomic mass is 32.1. The largest absolute Gasteiger partial charge is 0.312 e. The molecule has 2 aromatic heterocycles. The quantitative estimate of drug-likeness (QED) is 0.324. The summed E-state index contributed by atoms with van der Waals surface area (Å²) in [6.45, 7) is 2.56. The number of carbonyl (C=O) groups excluding carboxylic acids is 2. The van der Waals surface area contributed by atoms with Gasteiger partial charge in [0.15, 0.2) is 0 Å². The zero-order chi connectivity index (χ0) is 25.4. The van der Waals surface area contributed by atoms with Crippen molar-refractivity contribution in [1.82, 2.24) is 15.2 Å². The lowest BCUT2D eigenvalue weighted by molar-refractivity contribution is -0.117. The number of rotatable bonds is 5. The molecule has 1 aliphatic heterocycles. The minimum absolute atomic E-state index is 0.0614. The van der Waals surface area contributed by atoms with Gasteiger partial charge in [0, 0.05) is 35.5 Å². The van der Waals surface area contributed by atoms with Crippen molar-refractivity contribution in [3.8, 4) is 11.3 Å². The molecule has 1 atom stereocenters. The van der Waals surface area contributed by atoms with E-state index in [2.05, 4.69) is 15.5 Å². The summed E-state index contributed by atoms with van der Waals surface area (Å²) in [5.41, 5.74) is 4.95. The number of benzene rings is 3. The molecule has 0 bridgehead atoms. The van der Waals surface area contributed by atoms with Gasteiger partial charge in [-0.1, -0.05) is 77.6 Å². The van der Waals surface area contributed by atoms with Crippen LogP contribution < -0.4 is 10.2 Å². The summed E-state index contributed by atoms with van der Waals surface area (Å²) < 4.78 is 0. The predicted molar refractivity (Wildman–Crippen MR) is 146 cm³/mol. The summed E-state index contributed by atoms with van der Waals surface area (Å²) in [7, 11) is 0. The van der Waals surface area contributed by atoms with Gasteiger partial charge in [-0.25, -0.2) is 4.98 Å². The maximum Gasteiger partial charge on any atom is 0.258 e. The van der Waals surface area contributed by atoms with Crippen LogP contribution >= 0.6 is 11.3 Å². The van der Waals surface area contributed by atoms with Crippen molar-refractivity contribution in [2.24, 2.45) is 0 Å². The monoisotopic (exact) mass is 505 g/mol. The SMILES string of the molecule is Cc1ccc(N2CC(c3nnc(NC(=O)c4cc(-c5ccccc5)nc5ccccc45)s3)CC2=O)cc1. The fourth-order valence-corrected chi connectivity index (χ4v) is 5.41. The zero-order valence-electron chi connectivity index (χ0n) is 20.1. The second-order valence-corrected chi connectivity index (χ2v) is 10.1. The molecule has 0 radical (unpaired) electrons. The van der Waals surface area contributed by atoms with E-state index < -0.39 is 0 Å². The Hall–Kier alpha value is -4.43. The number of nitrogens with zero attached hydrogens (tertiary/aromatic N) is 4. The predicted octanol–water partition coefficient (Wildman–Crippen LogP) is 5.83. The number of anilines is 2. The molecule has 3 aromatic carbocycles. The molecule has 1 aliphatic rings. The average Bonchev–Trinajstić information content (AvgIpc) is 3.55. The molecule has 7 nitrogen and oxygen atoms in total. The minimum Gasteiger partial charge on any atom is -0.312 e. The Labute approximate surface area is 217 Å². The van der Waals surface area contributed by atoms with E-state index in [1.807, 2.05) is 91.9 Å². The highest BCUT2D eigenvalue weighted by Crippen LogP contribution is 2.34. The molecule has 3 heterocycles. The van der Waals surface area contributed by atoms with Crippen LogP contribution in [0.3, 0.4) is 0 Å². The first-order valence-corrected chi connectivity index (χ1v) is 12.8. The van der Waals surface area contributed by atoms with Crippen molar-refractivity contribution in [1.29, 1.82) is 0 Å². The van der Waals surface area contributed by atoms with Crippen molar-refractivity contribution >= 4 is 44.9 Å². The van der Waals surface area contributed by atoms with Crippen LogP contribution in [0.1, 0.15) is 33.3 Å². The van der Waals surface area contributed by atoms with E-state index in [0.717, 1.165) is 38.4 Å². The molecule has 1 unspecified atom stereocenters. The summed E-state index contributed by atoms with van der Waals surface area (Å²) in [6, 6.07) is 27.1. The van der Waals surface area contributed by atoms with Crippen LogP contribution in [0.25, 0.3) is 22.2 Å². The number of fused-ring (bicyclic) bond motifs is 1.